The molecule has 0 spiro atoms. The van der Waals surface area contributed by atoms with Crippen molar-refractivity contribution in [3.05, 3.63) is 89.5 Å². The van der Waals surface area contributed by atoms with Crippen LogP contribution in [0.25, 0.3) is 27.6 Å². The molecule has 0 unspecified atom stereocenters. The molecule has 3 aromatic heterocycles. The number of imidazole rings is 1. The summed E-state index contributed by atoms with van der Waals surface area (Å²) in [5.41, 5.74) is 4.26. The van der Waals surface area contributed by atoms with Crippen molar-refractivity contribution < 1.29 is 4.79 Å². The highest BCUT2D eigenvalue weighted by Crippen LogP contribution is 2.25. The maximum Gasteiger partial charge on any atom is 0.234 e. The smallest absolute Gasteiger partial charge is 0.234 e. The molecule has 3 heterocycles. The Balaban J connectivity index is 1.27. The molecule has 0 bridgehead atoms. The largest absolute Gasteiger partial charge is 0.328 e. The zero-order valence-corrected chi connectivity index (χ0v) is 21.5. The summed E-state index contributed by atoms with van der Waals surface area (Å²) in [4.78, 5) is 26.9. The first-order chi connectivity index (χ1) is 18.0. The van der Waals surface area contributed by atoms with Gasteiger partial charge in [0, 0.05) is 29.1 Å². The number of halogens is 1. The Labute approximate surface area is 221 Å². The van der Waals surface area contributed by atoms with Gasteiger partial charge >= 0.3 is 0 Å². The Morgan fingerprint density at radius 2 is 1.78 bits per heavy atom. The van der Waals surface area contributed by atoms with E-state index >= 15 is 0 Å². The van der Waals surface area contributed by atoms with E-state index in [4.69, 9.17) is 26.7 Å². The number of nitrogens with zero attached hydrogens (tertiary/aromatic N) is 6. The molecule has 6 aromatic rings. The molecule has 0 radical (unpaired) electrons. The molecule has 0 fully saturated rings. The maximum atomic E-state index is 12.6. The molecule has 0 aliphatic carbocycles. The maximum absolute atomic E-state index is 12.6. The molecule has 0 aliphatic rings. The third-order valence-corrected chi connectivity index (χ3v) is 7.20. The van der Waals surface area contributed by atoms with Crippen LogP contribution in [0.1, 0.15) is 11.6 Å². The number of benzene rings is 3. The number of aryl methyl sites for hydroxylation is 3. The Morgan fingerprint density at radius 3 is 2.65 bits per heavy atom. The lowest BCUT2D eigenvalue weighted by Crippen LogP contribution is -2.14. The predicted octanol–water partition coefficient (Wildman–Crippen LogP) is 5.56. The number of thioether (sulfide) groups is 1. The van der Waals surface area contributed by atoms with Gasteiger partial charge in [0.15, 0.2) is 16.6 Å². The molecular weight excluding hydrogens is 506 g/mol. The lowest BCUT2D eigenvalue weighted by molar-refractivity contribution is -0.113. The number of anilines is 1. The first-order valence-corrected chi connectivity index (χ1v) is 13.2. The molecular formula is C27H22ClN7OS. The van der Waals surface area contributed by atoms with Gasteiger partial charge in [-0.05, 0) is 49.4 Å². The summed E-state index contributed by atoms with van der Waals surface area (Å²) in [6.07, 6.45) is 0.635. The number of nitrogens with one attached hydrogen (secondary N) is 1. The van der Waals surface area contributed by atoms with E-state index in [0.717, 1.165) is 33.4 Å². The van der Waals surface area contributed by atoms with Gasteiger partial charge in [0.25, 0.3) is 0 Å². The van der Waals surface area contributed by atoms with E-state index in [1.807, 2.05) is 49.4 Å². The fourth-order valence-corrected chi connectivity index (χ4v) is 5.29. The van der Waals surface area contributed by atoms with Gasteiger partial charge < -0.3 is 9.88 Å². The first-order valence-electron chi connectivity index (χ1n) is 11.8. The SMILES string of the molecule is Cc1nc2ccccc2n1CCc1nc2c3ccccc3nc(SCC(=O)Nc3cccc(Cl)c3)n2n1. The number of para-hydroxylation sites is 3. The van der Waals surface area contributed by atoms with Crippen LogP contribution < -0.4 is 5.32 Å². The van der Waals surface area contributed by atoms with Gasteiger partial charge in [-0.25, -0.2) is 15.0 Å². The van der Waals surface area contributed by atoms with Gasteiger partial charge in [0.2, 0.25) is 5.91 Å². The first kappa shape index (κ1) is 23.4. The summed E-state index contributed by atoms with van der Waals surface area (Å²) < 4.78 is 3.93. The number of hydrogen-bond donors (Lipinski definition) is 1. The van der Waals surface area contributed by atoms with E-state index in [9.17, 15) is 4.79 Å². The zero-order chi connectivity index (χ0) is 25.4. The molecule has 0 aliphatic heterocycles. The quantitative estimate of drug-likeness (QED) is 0.216. The number of carbonyl (C=O) groups excluding carboxylic acids is 1. The molecule has 10 heteroatoms. The van der Waals surface area contributed by atoms with Crippen molar-refractivity contribution in [2.75, 3.05) is 11.1 Å². The highest BCUT2D eigenvalue weighted by atomic mass is 35.5. The van der Waals surface area contributed by atoms with Crippen molar-refractivity contribution in [2.24, 2.45) is 0 Å². The minimum Gasteiger partial charge on any atom is -0.328 e. The summed E-state index contributed by atoms with van der Waals surface area (Å²) in [6, 6.07) is 23.0. The van der Waals surface area contributed by atoms with Gasteiger partial charge in [-0.2, -0.15) is 4.52 Å². The Bertz CT molecular complexity index is 1780. The van der Waals surface area contributed by atoms with Crippen LogP contribution in [0.5, 0.6) is 0 Å². The highest BCUT2D eigenvalue weighted by molar-refractivity contribution is 7.99. The molecule has 1 N–H and O–H groups in total. The van der Waals surface area contributed by atoms with Gasteiger partial charge in [-0.3, -0.25) is 4.79 Å². The molecule has 8 nitrogen and oxygen atoms in total. The minimum absolute atomic E-state index is 0.154. The lowest BCUT2D eigenvalue weighted by atomic mass is 10.2. The monoisotopic (exact) mass is 527 g/mol. The van der Waals surface area contributed by atoms with Crippen LogP contribution in [0.4, 0.5) is 5.69 Å². The number of aromatic nitrogens is 6. The molecule has 0 atom stereocenters. The molecule has 184 valence electrons. The Morgan fingerprint density at radius 1 is 0.973 bits per heavy atom. The third-order valence-electron chi connectivity index (χ3n) is 6.04. The van der Waals surface area contributed by atoms with Crippen molar-refractivity contribution in [3.63, 3.8) is 0 Å². The van der Waals surface area contributed by atoms with Gasteiger partial charge in [-0.15, -0.1) is 5.10 Å². The van der Waals surface area contributed by atoms with Crippen LogP contribution in [0, 0.1) is 6.92 Å². The number of hydrogen-bond acceptors (Lipinski definition) is 6. The molecule has 0 saturated carbocycles. The average Bonchev–Trinajstić information content (AvgIpc) is 3.46. The summed E-state index contributed by atoms with van der Waals surface area (Å²) >= 11 is 7.35. The number of fused-ring (bicyclic) bond motifs is 4. The molecule has 1 amide bonds. The van der Waals surface area contributed by atoms with Crippen LogP contribution in [-0.2, 0) is 17.8 Å². The Hall–Kier alpha value is -3.95. The molecule has 6 rings (SSSR count). The highest BCUT2D eigenvalue weighted by Gasteiger charge is 2.16. The zero-order valence-electron chi connectivity index (χ0n) is 19.9. The van der Waals surface area contributed by atoms with Crippen molar-refractivity contribution in [1.82, 2.24) is 29.1 Å². The molecule has 3 aromatic carbocycles. The fourth-order valence-electron chi connectivity index (χ4n) is 4.36. The normalized spacial score (nSPS) is 11.5. The van der Waals surface area contributed by atoms with Crippen LogP contribution in [0.3, 0.4) is 0 Å². The van der Waals surface area contributed by atoms with Crippen molar-refractivity contribution in [1.29, 1.82) is 0 Å². The van der Waals surface area contributed by atoms with Crippen molar-refractivity contribution in [3.8, 4) is 0 Å². The van der Waals surface area contributed by atoms with Gasteiger partial charge in [-0.1, -0.05) is 53.7 Å². The van der Waals surface area contributed by atoms with Crippen LogP contribution >= 0.6 is 23.4 Å². The summed E-state index contributed by atoms with van der Waals surface area (Å²) in [6.45, 7) is 2.72. The predicted molar refractivity (Wildman–Crippen MR) is 147 cm³/mol. The van der Waals surface area contributed by atoms with E-state index in [1.54, 1.807) is 28.8 Å². The van der Waals surface area contributed by atoms with E-state index in [0.29, 0.717) is 34.7 Å². The average molecular weight is 528 g/mol. The van der Waals surface area contributed by atoms with Crippen LogP contribution in [-0.4, -0.2) is 40.8 Å². The van der Waals surface area contributed by atoms with E-state index < -0.39 is 0 Å². The van der Waals surface area contributed by atoms with Crippen molar-refractivity contribution in [2.45, 2.75) is 25.0 Å². The van der Waals surface area contributed by atoms with Gasteiger partial charge in [0.1, 0.15) is 5.82 Å². The summed E-state index contributed by atoms with van der Waals surface area (Å²) in [5, 5.41) is 9.75. The number of rotatable bonds is 7. The van der Waals surface area contributed by atoms with E-state index in [-0.39, 0.29) is 11.7 Å². The standard InChI is InChI=1S/C27H22ClN7OS/c1-17-29-22-11-4-5-12-23(22)34(17)14-13-24-32-26-20-9-2-3-10-21(20)31-27(35(26)33-24)37-16-25(36)30-19-8-6-7-18(28)15-19/h2-12,15H,13-14,16H2,1H3,(H,30,36). The Kier molecular flexibility index (Phi) is 6.23. The second-order valence-electron chi connectivity index (χ2n) is 8.57. The second kappa shape index (κ2) is 9.84. The number of amides is 1. The topological polar surface area (TPSA) is 90.0 Å². The summed E-state index contributed by atoms with van der Waals surface area (Å²) in [5.74, 6) is 1.68. The van der Waals surface area contributed by atoms with Crippen LogP contribution in [0.15, 0.2) is 78.0 Å². The van der Waals surface area contributed by atoms with Gasteiger partial charge in [0.05, 0.1) is 22.3 Å². The summed E-state index contributed by atoms with van der Waals surface area (Å²) in [7, 11) is 0. The van der Waals surface area contributed by atoms with Crippen LogP contribution in [0.2, 0.25) is 5.02 Å². The third kappa shape index (κ3) is 4.75. The fraction of sp³-hybridized carbons (Fsp3) is 0.148. The lowest BCUT2D eigenvalue weighted by Gasteiger charge is -2.07. The molecule has 0 saturated heterocycles. The van der Waals surface area contributed by atoms with E-state index in [1.165, 1.54) is 11.8 Å². The second-order valence-corrected chi connectivity index (χ2v) is 9.95. The number of carbonyl (C=O) groups is 1. The minimum atomic E-state index is -0.154. The van der Waals surface area contributed by atoms with Crippen molar-refractivity contribution >= 4 is 62.5 Å². The molecule has 37 heavy (non-hydrogen) atoms. The van der Waals surface area contributed by atoms with E-state index in [2.05, 4.69) is 20.9 Å².